The van der Waals surface area contributed by atoms with E-state index in [-0.39, 0.29) is 24.0 Å². The van der Waals surface area contributed by atoms with Gasteiger partial charge in [0.1, 0.15) is 0 Å². The molecule has 0 saturated heterocycles. The van der Waals surface area contributed by atoms with Crippen LogP contribution in [0.5, 0.6) is 0 Å². The summed E-state index contributed by atoms with van der Waals surface area (Å²) < 4.78 is 38.4. The van der Waals surface area contributed by atoms with Gasteiger partial charge in [-0.3, -0.25) is 4.99 Å². The average Bonchev–Trinajstić information content (AvgIpc) is 2.81. The van der Waals surface area contributed by atoms with Crippen LogP contribution < -0.4 is 5.32 Å². The van der Waals surface area contributed by atoms with Crippen molar-refractivity contribution in [2.75, 3.05) is 26.7 Å². The van der Waals surface area contributed by atoms with E-state index >= 15 is 0 Å². The van der Waals surface area contributed by atoms with Gasteiger partial charge in [0.05, 0.1) is 12.1 Å². The van der Waals surface area contributed by atoms with Crippen molar-refractivity contribution in [1.29, 1.82) is 0 Å². The van der Waals surface area contributed by atoms with Crippen LogP contribution in [0.2, 0.25) is 0 Å². The molecule has 1 aromatic carbocycles. The number of nitrogens with zero attached hydrogens (tertiary/aromatic N) is 2. The molecule has 2 rings (SSSR count). The predicted molar refractivity (Wildman–Crippen MR) is 92.8 cm³/mol. The van der Waals surface area contributed by atoms with E-state index < -0.39 is 17.2 Å². The molecule has 0 fully saturated rings. The number of hydrogen-bond donors (Lipinski definition) is 1. The van der Waals surface area contributed by atoms with Crippen LogP contribution in [0, 0.1) is 0 Å². The minimum Gasteiger partial charge on any atom is -0.355 e. The molecule has 0 bridgehead atoms. The molecule has 0 aromatic heterocycles. The molecule has 0 unspecified atom stereocenters. The summed E-state index contributed by atoms with van der Waals surface area (Å²) in [4.78, 5) is 6.32. The van der Waals surface area contributed by atoms with Crippen molar-refractivity contribution < 1.29 is 13.2 Å². The van der Waals surface area contributed by atoms with Gasteiger partial charge in [-0.15, -0.1) is 24.0 Å². The third kappa shape index (κ3) is 4.50. The first-order valence-electron chi connectivity index (χ1n) is 6.87. The molecule has 22 heavy (non-hydrogen) atoms. The molecule has 1 heterocycles. The summed E-state index contributed by atoms with van der Waals surface area (Å²) in [6.45, 7) is 5.99. The molecular formula is C15H21F3IN3. The molecular weight excluding hydrogens is 406 g/mol. The quantitative estimate of drug-likeness (QED) is 0.749. The monoisotopic (exact) mass is 427 g/mol. The van der Waals surface area contributed by atoms with Gasteiger partial charge in [0.25, 0.3) is 0 Å². The first kappa shape index (κ1) is 19.1. The van der Waals surface area contributed by atoms with Gasteiger partial charge in [-0.05, 0) is 11.6 Å². The number of guanidine groups is 1. The highest BCUT2D eigenvalue weighted by Crippen LogP contribution is 2.32. The van der Waals surface area contributed by atoms with E-state index in [1.54, 1.807) is 6.07 Å². The summed E-state index contributed by atoms with van der Waals surface area (Å²) in [5, 5.41) is 3.22. The molecule has 0 saturated carbocycles. The molecule has 1 aliphatic rings. The van der Waals surface area contributed by atoms with Crippen LogP contribution in [0.4, 0.5) is 13.2 Å². The van der Waals surface area contributed by atoms with Crippen molar-refractivity contribution in [3.8, 4) is 0 Å². The van der Waals surface area contributed by atoms with E-state index in [2.05, 4.69) is 10.3 Å². The fraction of sp³-hybridized carbons (Fsp3) is 0.533. The van der Waals surface area contributed by atoms with Gasteiger partial charge in [0, 0.05) is 25.6 Å². The molecule has 3 nitrogen and oxygen atoms in total. The smallest absolute Gasteiger partial charge is 0.355 e. The maximum absolute atomic E-state index is 12.8. The predicted octanol–water partition coefficient (Wildman–Crippen LogP) is 3.49. The van der Waals surface area contributed by atoms with Gasteiger partial charge in [-0.2, -0.15) is 13.2 Å². The van der Waals surface area contributed by atoms with Crippen LogP contribution >= 0.6 is 24.0 Å². The minimum atomic E-state index is -4.31. The van der Waals surface area contributed by atoms with Gasteiger partial charge < -0.3 is 10.2 Å². The highest BCUT2D eigenvalue weighted by atomic mass is 127. The van der Waals surface area contributed by atoms with Gasteiger partial charge in [0.2, 0.25) is 0 Å². The first-order valence-corrected chi connectivity index (χ1v) is 6.87. The number of rotatable bonds is 3. The lowest BCUT2D eigenvalue weighted by Gasteiger charge is -2.28. The van der Waals surface area contributed by atoms with Crippen molar-refractivity contribution in [3.05, 3.63) is 35.4 Å². The summed E-state index contributed by atoms with van der Waals surface area (Å²) in [5.41, 5.74) is -0.373. The Hall–Kier alpha value is -0.990. The van der Waals surface area contributed by atoms with E-state index in [4.69, 9.17) is 0 Å². The second-order valence-corrected chi connectivity index (χ2v) is 5.94. The Kier molecular flexibility index (Phi) is 6.11. The molecule has 1 N–H and O–H groups in total. The zero-order chi connectivity index (χ0) is 15.7. The van der Waals surface area contributed by atoms with Crippen LogP contribution in [-0.2, 0) is 11.6 Å². The molecule has 0 amide bonds. The third-order valence-electron chi connectivity index (χ3n) is 3.72. The number of nitrogens with one attached hydrogen (secondary N) is 1. The van der Waals surface area contributed by atoms with Crippen molar-refractivity contribution in [2.24, 2.45) is 4.99 Å². The van der Waals surface area contributed by atoms with Crippen molar-refractivity contribution in [2.45, 2.75) is 25.4 Å². The number of hydrogen-bond acceptors (Lipinski definition) is 3. The third-order valence-corrected chi connectivity index (χ3v) is 3.72. The zero-order valence-corrected chi connectivity index (χ0v) is 15.2. The topological polar surface area (TPSA) is 27.6 Å². The first-order chi connectivity index (χ1) is 9.70. The van der Waals surface area contributed by atoms with Crippen molar-refractivity contribution in [3.63, 3.8) is 0 Å². The number of benzene rings is 1. The van der Waals surface area contributed by atoms with Crippen LogP contribution in [0.1, 0.15) is 25.0 Å². The molecule has 1 aromatic rings. The second kappa shape index (κ2) is 7.06. The summed E-state index contributed by atoms with van der Waals surface area (Å²) in [5.74, 6) is 0.801. The molecule has 124 valence electrons. The number of halogens is 4. The molecule has 0 aliphatic carbocycles. The Labute approximate surface area is 146 Å². The summed E-state index contributed by atoms with van der Waals surface area (Å²) in [7, 11) is 1.94. The lowest BCUT2D eigenvalue weighted by Crippen LogP contribution is -2.42. The van der Waals surface area contributed by atoms with Crippen LogP contribution in [-0.4, -0.2) is 37.5 Å². The Bertz CT molecular complexity index is 541. The number of alkyl halides is 3. The Morgan fingerprint density at radius 2 is 1.86 bits per heavy atom. The summed E-state index contributed by atoms with van der Waals surface area (Å²) in [6.07, 6.45) is -4.31. The molecule has 1 aliphatic heterocycles. The average molecular weight is 427 g/mol. The Morgan fingerprint density at radius 3 is 2.41 bits per heavy atom. The lowest BCUT2D eigenvalue weighted by molar-refractivity contribution is -0.137. The van der Waals surface area contributed by atoms with Crippen LogP contribution in [0.25, 0.3) is 0 Å². The maximum atomic E-state index is 12.8. The van der Waals surface area contributed by atoms with Crippen LogP contribution in [0.15, 0.2) is 29.3 Å². The molecule has 0 atom stereocenters. The van der Waals surface area contributed by atoms with E-state index in [0.29, 0.717) is 12.1 Å². The maximum Gasteiger partial charge on any atom is 0.416 e. The second-order valence-electron chi connectivity index (χ2n) is 5.94. The fourth-order valence-corrected chi connectivity index (χ4v) is 2.24. The number of aliphatic imine (C=N–C) groups is 1. The molecule has 0 radical (unpaired) electrons. The molecule has 7 heteroatoms. The SMILES string of the molecule is CN1CCN=C1NCC(C)(C)c1cccc(C(F)(F)F)c1.I. The zero-order valence-electron chi connectivity index (χ0n) is 12.9. The fourth-order valence-electron chi connectivity index (χ4n) is 2.24. The van der Waals surface area contributed by atoms with Crippen LogP contribution in [0.3, 0.4) is 0 Å². The van der Waals surface area contributed by atoms with E-state index in [1.165, 1.54) is 12.1 Å². The highest BCUT2D eigenvalue weighted by Gasteiger charge is 2.32. The summed E-state index contributed by atoms with van der Waals surface area (Å²) in [6, 6.07) is 5.51. The van der Waals surface area contributed by atoms with E-state index in [9.17, 15) is 13.2 Å². The van der Waals surface area contributed by atoms with Gasteiger partial charge in [-0.25, -0.2) is 0 Å². The Morgan fingerprint density at radius 1 is 1.23 bits per heavy atom. The van der Waals surface area contributed by atoms with Gasteiger partial charge in [-0.1, -0.05) is 32.0 Å². The minimum absolute atomic E-state index is 0. The van der Waals surface area contributed by atoms with Crippen molar-refractivity contribution in [1.82, 2.24) is 10.2 Å². The Balaban J connectivity index is 0.00000242. The molecule has 0 spiro atoms. The largest absolute Gasteiger partial charge is 0.416 e. The number of likely N-dealkylation sites (N-methyl/N-ethyl adjacent to an activating group) is 1. The normalized spacial score (nSPS) is 15.4. The standard InChI is InChI=1S/C15H20F3N3.HI/c1-14(2,10-20-13-19-7-8-21(13)3)11-5-4-6-12(9-11)15(16,17)18;/h4-6,9H,7-8,10H2,1-3H3,(H,19,20);1H. The summed E-state index contributed by atoms with van der Waals surface area (Å²) >= 11 is 0. The van der Waals surface area contributed by atoms with Crippen molar-refractivity contribution >= 4 is 29.9 Å². The van der Waals surface area contributed by atoms with E-state index in [0.717, 1.165) is 25.1 Å². The van der Waals surface area contributed by atoms with E-state index in [1.807, 2.05) is 25.8 Å². The lowest BCUT2D eigenvalue weighted by atomic mass is 9.84. The van der Waals surface area contributed by atoms with Gasteiger partial charge in [0.15, 0.2) is 5.96 Å². The van der Waals surface area contributed by atoms with Gasteiger partial charge >= 0.3 is 6.18 Å². The highest BCUT2D eigenvalue weighted by molar-refractivity contribution is 14.0.